The molecule has 0 aliphatic carbocycles. The zero-order chi connectivity index (χ0) is 14.0. The van der Waals surface area contributed by atoms with Crippen LogP contribution in [0.1, 0.15) is 15.9 Å². The molecular weight excluding hydrogens is 267 g/mol. The van der Waals surface area contributed by atoms with Crippen LogP contribution in [0.3, 0.4) is 0 Å². The molecular formula is C14H12ClFN2O. The predicted molar refractivity (Wildman–Crippen MR) is 75.0 cm³/mol. The average molecular weight is 279 g/mol. The Morgan fingerprint density at radius 1 is 1.32 bits per heavy atom. The Bertz CT molecular complexity index is 643. The maximum Gasteiger partial charge on any atom is 0.258 e. The van der Waals surface area contributed by atoms with E-state index in [2.05, 4.69) is 5.32 Å². The van der Waals surface area contributed by atoms with Gasteiger partial charge in [0, 0.05) is 11.4 Å². The number of halogens is 2. The van der Waals surface area contributed by atoms with Gasteiger partial charge < -0.3 is 11.1 Å². The van der Waals surface area contributed by atoms with E-state index in [1.165, 1.54) is 18.2 Å². The zero-order valence-electron chi connectivity index (χ0n) is 10.2. The summed E-state index contributed by atoms with van der Waals surface area (Å²) in [6.07, 6.45) is 0. The predicted octanol–water partition coefficient (Wildman–Crippen LogP) is 3.62. The van der Waals surface area contributed by atoms with Gasteiger partial charge in [-0.2, -0.15) is 0 Å². The summed E-state index contributed by atoms with van der Waals surface area (Å²) >= 11 is 5.63. The lowest BCUT2D eigenvalue weighted by Gasteiger charge is -2.08. The highest BCUT2D eigenvalue weighted by Gasteiger charge is 2.14. The van der Waals surface area contributed by atoms with Gasteiger partial charge in [-0.15, -0.1) is 0 Å². The minimum Gasteiger partial charge on any atom is -0.398 e. The van der Waals surface area contributed by atoms with Gasteiger partial charge in [-0.05, 0) is 36.8 Å². The summed E-state index contributed by atoms with van der Waals surface area (Å²) in [5.74, 6) is -1.30. The van der Waals surface area contributed by atoms with E-state index in [1.54, 1.807) is 18.2 Å². The Morgan fingerprint density at radius 3 is 2.74 bits per heavy atom. The van der Waals surface area contributed by atoms with Crippen LogP contribution in [0.2, 0.25) is 5.02 Å². The molecule has 5 heteroatoms. The number of carbonyl (C=O) groups is 1. The number of aryl methyl sites for hydroxylation is 1. The fourth-order valence-electron chi connectivity index (χ4n) is 1.60. The molecule has 0 fully saturated rings. The Labute approximate surface area is 115 Å². The molecule has 0 saturated heterocycles. The first kappa shape index (κ1) is 13.4. The van der Waals surface area contributed by atoms with Gasteiger partial charge in [0.15, 0.2) is 5.82 Å². The van der Waals surface area contributed by atoms with Crippen LogP contribution in [0.25, 0.3) is 0 Å². The highest BCUT2D eigenvalue weighted by atomic mass is 35.5. The van der Waals surface area contributed by atoms with Crippen molar-refractivity contribution in [1.29, 1.82) is 0 Å². The van der Waals surface area contributed by atoms with Crippen molar-refractivity contribution in [1.82, 2.24) is 0 Å². The Hall–Kier alpha value is -2.07. The van der Waals surface area contributed by atoms with Crippen molar-refractivity contribution >= 4 is 28.9 Å². The number of nitrogens with one attached hydrogen (secondary N) is 1. The van der Waals surface area contributed by atoms with E-state index in [9.17, 15) is 9.18 Å². The van der Waals surface area contributed by atoms with E-state index in [0.29, 0.717) is 11.4 Å². The van der Waals surface area contributed by atoms with Crippen LogP contribution in [-0.2, 0) is 0 Å². The maximum absolute atomic E-state index is 13.7. The van der Waals surface area contributed by atoms with Crippen LogP contribution in [0, 0.1) is 12.7 Å². The number of carbonyl (C=O) groups excluding carboxylic acids is 1. The van der Waals surface area contributed by atoms with Crippen molar-refractivity contribution in [2.45, 2.75) is 6.92 Å². The molecule has 0 radical (unpaired) electrons. The molecule has 0 saturated carbocycles. The van der Waals surface area contributed by atoms with Crippen molar-refractivity contribution in [2.75, 3.05) is 11.1 Å². The Kier molecular flexibility index (Phi) is 3.71. The van der Waals surface area contributed by atoms with Crippen molar-refractivity contribution in [3.05, 3.63) is 58.4 Å². The molecule has 0 spiro atoms. The van der Waals surface area contributed by atoms with Crippen LogP contribution in [-0.4, -0.2) is 5.91 Å². The van der Waals surface area contributed by atoms with Crippen LogP contribution < -0.4 is 11.1 Å². The van der Waals surface area contributed by atoms with E-state index < -0.39 is 11.7 Å². The van der Waals surface area contributed by atoms with Crippen LogP contribution >= 0.6 is 11.6 Å². The molecule has 98 valence electrons. The fourth-order valence-corrected chi connectivity index (χ4v) is 1.77. The summed E-state index contributed by atoms with van der Waals surface area (Å²) in [6.45, 7) is 1.86. The monoisotopic (exact) mass is 278 g/mol. The largest absolute Gasteiger partial charge is 0.398 e. The highest BCUT2D eigenvalue weighted by molar-refractivity contribution is 6.31. The first-order valence-electron chi connectivity index (χ1n) is 5.60. The van der Waals surface area contributed by atoms with Crippen LogP contribution in [0.4, 0.5) is 15.8 Å². The van der Waals surface area contributed by atoms with E-state index in [-0.39, 0.29) is 10.6 Å². The third kappa shape index (κ3) is 2.85. The van der Waals surface area contributed by atoms with Gasteiger partial charge in [-0.25, -0.2) is 4.39 Å². The fraction of sp³-hybridized carbons (Fsp3) is 0.0714. The summed E-state index contributed by atoms with van der Waals surface area (Å²) in [5.41, 5.74) is 7.61. The summed E-state index contributed by atoms with van der Waals surface area (Å²) in [5, 5.41) is 2.49. The van der Waals surface area contributed by atoms with E-state index in [0.717, 1.165) is 5.56 Å². The van der Waals surface area contributed by atoms with Gasteiger partial charge >= 0.3 is 0 Å². The van der Waals surface area contributed by atoms with Crippen molar-refractivity contribution in [3.8, 4) is 0 Å². The van der Waals surface area contributed by atoms with Gasteiger partial charge in [-0.3, -0.25) is 4.79 Å². The van der Waals surface area contributed by atoms with Crippen LogP contribution in [0.5, 0.6) is 0 Å². The molecule has 2 aromatic carbocycles. The minimum atomic E-state index is -0.734. The molecule has 3 nitrogen and oxygen atoms in total. The van der Waals surface area contributed by atoms with E-state index >= 15 is 0 Å². The summed E-state index contributed by atoms with van der Waals surface area (Å²) in [7, 11) is 0. The van der Waals surface area contributed by atoms with Crippen molar-refractivity contribution < 1.29 is 9.18 Å². The van der Waals surface area contributed by atoms with Crippen LogP contribution in [0.15, 0.2) is 36.4 Å². The molecule has 0 bridgehead atoms. The van der Waals surface area contributed by atoms with Crippen molar-refractivity contribution in [2.24, 2.45) is 0 Å². The number of hydrogen-bond acceptors (Lipinski definition) is 2. The van der Waals surface area contributed by atoms with E-state index in [4.69, 9.17) is 17.3 Å². The molecule has 2 aromatic rings. The highest BCUT2D eigenvalue weighted by Crippen LogP contribution is 2.21. The molecule has 3 N–H and O–H groups in total. The summed E-state index contributed by atoms with van der Waals surface area (Å²) in [4.78, 5) is 11.9. The standard InChI is InChI=1S/C14H12ClFN2O/c1-8-5-6-9(7-12(8)17)18-14(19)10-3-2-4-11(15)13(10)16/h2-7H,17H2,1H3,(H,18,19). The molecule has 0 aromatic heterocycles. The molecule has 19 heavy (non-hydrogen) atoms. The first-order valence-corrected chi connectivity index (χ1v) is 5.98. The summed E-state index contributed by atoms with van der Waals surface area (Å²) in [6, 6.07) is 9.37. The van der Waals surface area contributed by atoms with E-state index in [1.807, 2.05) is 6.92 Å². The number of nitrogen functional groups attached to an aromatic ring is 1. The van der Waals surface area contributed by atoms with Gasteiger partial charge in [0.1, 0.15) is 0 Å². The topological polar surface area (TPSA) is 55.1 Å². The zero-order valence-corrected chi connectivity index (χ0v) is 11.0. The summed E-state index contributed by atoms with van der Waals surface area (Å²) < 4.78 is 13.7. The molecule has 0 atom stereocenters. The SMILES string of the molecule is Cc1ccc(NC(=O)c2cccc(Cl)c2F)cc1N. The molecule has 0 heterocycles. The third-order valence-corrected chi connectivity index (χ3v) is 3.03. The lowest BCUT2D eigenvalue weighted by atomic mass is 10.1. The number of benzene rings is 2. The van der Waals surface area contributed by atoms with Gasteiger partial charge in [0.25, 0.3) is 5.91 Å². The molecule has 2 rings (SSSR count). The number of rotatable bonds is 2. The number of nitrogens with two attached hydrogens (primary N) is 1. The number of hydrogen-bond donors (Lipinski definition) is 2. The second-order valence-corrected chi connectivity index (χ2v) is 4.53. The smallest absolute Gasteiger partial charge is 0.258 e. The maximum atomic E-state index is 13.7. The quantitative estimate of drug-likeness (QED) is 0.824. The number of amides is 1. The average Bonchev–Trinajstić information content (AvgIpc) is 2.37. The molecule has 0 aliphatic heterocycles. The third-order valence-electron chi connectivity index (χ3n) is 2.73. The molecule has 0 unspecified atom stereocenters. The normalized spacial score (nSPS) is 10.3. The Morgan fingerprint density at radius 2 is 2.05 bits per heavy atom. The van der Waals surface area contributed by atoms with Crippen molar-refractivity contribution in [3.63, 3.8) is 0 Å². The lowest BCUT2D eigenvalue weighted by Crippen LogP contribution is -2.14. The molecule has 0 aliphatic rings. The lowest BCUT2D eigenvalue weighted by molar-refractivity contribution is 0.102. The number of anilines is 2. The minimum absolute atomic E-state index is 0.0870. The second-order valence-electron chi connectivity index (χ2n) is 4.13. The second kappa shape index (κ2) is 5.28. The molecule has 1 amide bonds. The Balaban J connectivity index is 2.26. The van der Waals surface area contributed by atoms with Gasteiger partial charge in [-0.1, -0.05) is 23.7 Å². The van der Waals surface area contributed by atoms with Gasteiger partial charge in [0.05, 0.1) is 10.6 Å². The first-order chi connectivity index (χ1) is 8.99. The van der Waals surface area contributed by atoms with Gasteiger partial charge in [0.2, 0.25) is 0 Å².